The third-order valence-corrected chi connectivity index (χ3v) is 3.61. The Hall–Kier alpha value is -1.41. The molecule has 0 amide bonds. The highest BCUT2D eigenvalue weighted by Gasteiger charge is 2.22. The summed E-state index contributed by atoms with van der Waals surface area (Å²) in [4.78, 5) is 4.67. The van der Waals surface area contributed by atoms with Crippen molar-refractivity contribution in [2.75, 3.05) is 32.7 Å². The second-order valence-corrected chi connectivity index (χ2v) is 6.13. The average molecular weight is 273 g/mol. The zero-order valence-electron chi connectivity index (χ0n) is 12.3. The minimum Gasteiger partial charge on any atom is -0.389 e. The number of rotatable bonds is 4. The van der Waals surface area contributed by atoms with Gasteiger partial charge in [-0.05, 0) is 25.5 Å². The molecule has 2 rings (SSSR count). The van der Waals surface area contributed by atoms with E-state index in [9.17, 15) is 5.11 Å². The summed E-state index contributed by atoms with van der Waals surface area (Å²) < 4.78 is 0. The lowest BCUT2D eigenvalue weighted by atomic mass is 10.1. The van der Waals surface area contributed by atoms with Gasteiger partial charge in [0.25, 0.3) is 0 Å². The van der Waals surface area contributed by atoms with Crippen LogP contribution in [-0.4, -0.2) is 53.2 Å². The quantitative estimate of drug-likeness (QED) is 0.902. The zero-order valence-corrected chi connectivity index (χ0v) is 12.3. The van der Waals surface area contributed by atoms with Gasteiger partial charge in [-0.25, -0.2) is 0 Å². The minimum absolute atomic E-state index is 0.629. The van der Waals surface area contributed by atoms with E-state index in [0.717, 1.165) is 50.4 Å². The van der Waals surface area contributed by atoms with Crippen LogP contribution in [-0.2, 0) is 6.54 Å². The summed E-state index contributed by atoms with van der Waals surface area (Å²) in [5.41, 5.74) is 1.24. The molecule has 0 radical (unpaired) electrons. The third-order valence-electron chi connectivity index (χ3n) is 3.61. The first-order valence-electron chi connectivity index (χ1n) is 7.13. The summed E-state index contributed by atoms with van der Waals surface area (Å²) in [5, 5.41) is 19.0. The fourth-order valence-electron chi connectivity index (χ4n) is 2.66. The van der Waals surface area contributed by atoms with Crippen molar-refractivity contribution in [3.63, 3.8) is 0 Å². The third kappa shape index (κ3) is 4.31. The molecule has 1 aliphatic rings. The Morgan fingerprint density at radius 1 is 1.15 bits per heavy atom. The van der Waals surface area contributed by atoms with Crippen LogP contribution < -0.4 is 0 Å². The van der Waals surface area contributed by atoms with Crippen LogP contribution in [0.3, 0.4) is 0 Å². The Kier molecular flexibility index (Phi) is 4.77. The van der Waals surface area contributed by atoms with E-state index < -0.39 is 5.60 Å². The van der Waals surface area contributed by atoms with E-state index >= 15 is 0 Å². The smallest absolute Gasteiger partial charge is 0.0995 e. The number of aliphatic hydroxyl groups is 1. The van der Waals surface area contributed by atoms with E-state index in [4.69, 9.17) is 5.26 Å². The summed E-state index contributed by atoms with van der Waals surface area (Å²) in [6.07, 6.45) is 0. The van der Waals surface area contributed by atoms with Crippen LogP contribution >= 0.6 is 0 Å². The normalized spacial score (nSPS) is 17.9. The van der Waals surface area contributed by atoms with Crippen molar-refractivity contribution in [2.45, 2.75) is 26.0 Å². The first-order chi connectivity index (χ1) is 9.48. The van der Waals surface area contributed by atoms with Crippen LogP contribution in [0.1, 0.15) is 25.0 Å². The van der Waals surface area contributed by atoms with Gasteiger partial charge < -0.3 is 5.11 Å². The molecule has 0 aliphatic carbocycles. The number of hydrogen-bond donors (Lipinski definition) is 1. The van der Waals surface area contributed by atoms with Gasteiger partial charge >= 0.3 is 0 Å². The second kappa shape index (κ2) is 6.36. The summed E-state index contributed by atoms with van der Waals surface area (Å²) in [6, 6.07) is 10.1. The Morgan fingerprint density at radius 3 is 2.35 bits per heavy atom. The fraction of sp³-hybridized carbons (Fsp3) is 0.562. The van der Waals surface area contributed by atoms with E-state index in [1.807, 2.05) is 38.1 Å². The molecule has 1 saturated heterocycles. The van der Waals surface area contributed by atoms with Crippen molar-refractivity contribution in [1.82, 2.24) is 9.80 Å². The molecular weight excluding hydrogens is 250 g/mol. The first-order valence-corrected chi connectivity index (χ1v) is 7.13. The molecule has 4 heteroatoms. The van der Waals surface area contributed by atoms with Crippen molar-refractivity contribution in [2.24, 2.45) is 0 Å². The maximum Gasteiger partial charge on any atom is 0.0995 e. The molecule has 0 bridgehead atoms. The van der Waals surface area contributed by atoms with Gasteiger partial charge in [0.05, 0.1) is 17.2 Å². The van der Waals surface area contributed by atoms with Crippen molar-refractivity contribution < 1.29 is 5.11 Å². The van der Waals surface area contributed by atoms with Gasteiger partial charge in [-0.1, -0.05) is 18.2 Å². The topological polar surface area (TPSA) is 50.5 Å². The van der Waals surface area contributed by atoms with E-state index in [0.29, 0.717) is 0 Å². The van der Waals surface area contributed by atoms with Crippen molar-refractivity contribution >= 4 is 0 Å². The molecule has 20 heavy (non-hydrogen) atoms. The zero-order chi connectivity index (χ0) is 14.6. The van der Waals surface area contributed by atoms with E-state index in [2.05, 4.69) is 15.9 Å². The van der Waals surface area contributed by atoms with Gasteiger partial charge in [-0.2, -0.15) is 5.26 Å². The Bertz CT molecular complexity index is 479. The lowest BCUT2D eigenvalue weighted by molar-refractivity contribution is 0.0166. The van der Waals surface area contributed by atoms with Gasteiger partial charge in [-0.15, -0.1) is 0 Å². The van der Waals surface area contributed by atoms with Gasteiger partial charge in [-0.3, -0.25) is 9.80 Å². The van der Waals surface area contributed by atoms with E-state index in [-0.39, 0.29) is 0 Å². The van der Waals surface area contributed by atoms with Gasteiger partial charge in [0.1, 0.15) is 0 Å². The van der Waals surface area contributed by atoms with Crippen LogP contribution in [0, 0.1) is 11.3 Å². The summed E-state index contributed by atoms with van der Waals surface area (Å²) in [6.45, 7) is 9.16. The molecule has 1 fully saturated rings. The predicted molar refractivity (Wildman–Crippen MR) is 79.2 cm³/mol. The van der Waals surface area contributed by atoms with Gasteiger partial charge in [0, 0.05) is 39.3 Å². The Balaban J connectivity index is 1.87. The molecule has 1 N–H and O–H groups in total. The lowest BCUT2D eigenvalue weighted by Crippen LogP contribution is -2.50. The molecule has 1 heterocycles. The first kappa shape index (κ1) is 15.0. The van der Waals surface area contributed by atoms with Crippen LogP contribution in [0.4, 0.5) is 0 Å². The SMILES string of the molecule is CC(C)(O)CN1CCN(Cc2ccccc2C#N)CC1. The number of piperazine rings is 1. The number of benzene rings is 1. The molecule has 1 aromatic carbocycles. The number of hydrogen-bond acceptors (Lipinski definition) is 4. The number of nitriles is 1. The van der Waals surface area contributed by atoms with Crippen molar-refractivity contribution in [1.29, 1.82) is 5.26 Å². The van der Waals surface area contributed by atoms with Crippen LogP contribution in [0.5, 0.6) is 0 Å². The maximum atomic E-state index is 9.85. The lowest BCUT2D eigenvalue weighted by Gasteiger charge is -2.37. The highest BCUT2D eigenvalue weighted by atomic mass is 16.3. The van der Waals surface area contributed by atoms with Crippen molar-refractivity contribution in [3.05, 3.63) is 35.4 Å². The average Bonchev–Trinajstić information content (AvgIpc) is 2.40. The minimum atomic E-state index is -0.629. The highest BCUT2D eigenvalue weighted by Crippen LogP contribution is 2.14. The molecule has 0 spiro atoms. The largest absolute Gasteiger partial charge is 0.389 e. The van der Waals surface area contributed by atoms with E-state index in [1.54, 1.807) is 0 Å². The maximum absolute atomic E-state index is 9.85. The van der Waals surface area contributed by atoms with Crippen LogP contribution in [0.25, 0.3) is 0 Å². The van der Waals surface area contributed by atoms with E-state index in [1.165, 1.54) is 0 Å². The molecule has 4 nitrogen and oxygen atoms in total. The second-order valence-electron chi connectivity index (χ2n) is 6.13. The van der Waals surface area contributed by atoms with Crippen LogP contribution in [0.2, 0.25) is 0 Å². The van der Waals surface area contributed by atoms with Crippen molar-refractivity contribution in [3.8, 4) is 6.07 Å². The van der Waals surface area contributed by atoms with Crippen LogP contribution in [0.15, 0.2) is 24.3 Å². The Morgan fingerprint density at radius 2 is 1.75 bits per heavy atom. The molecule has 108 valence electrons. The number of β-amino-alcohol motifs (C(OH)–C–C–N with tert-alkyl or cyclic N) is 1. The summed E-state index contributed by atoms with van der Waals surface area (Å²) in [7, 11) is 0. The highest BCUT2D eigenvalue weighted by molar-refractivity contribution is 5.37. The number of nitrogens with zero attached hydrogens (tertiary/aromatic N) is 3. The summed E-state index contributed by atoms with van der Waals surface area (Å²) >= 11 is 0. The van der Waals surface area contributed by atoms with Gasteiger partial charge in [0.15, 0.2) is 0 Å². The van der Waals surface area contributed by atoms with Gasteiger partial charge in [0.2, 0.25) is 0 Å². The molecule has 0 atom stereocenters. The standard InChI is InChI=1S/C16H23N3O/c1-16(2,20)13-19-9-7-18(8-10-19)12-15-6-4-3-5-14(15)11-17/h3-6,20H,7-10,12-13H2,1-2H3. The fourth-order valence-corrected chi connectivity index (χ4v) is 2.66. The molecule has 1 aliphatic heterocycles. The molecule has 0 aromatic heterocycles. The Labute approximate surface area is 121 Å². The monoisotopic (exact) mass is 273 g/mol. The molecule has 0 saturated carbocycles. The molecule has 1 aromatic rings. The summed E-state index contributed by atoms with van der Waals surface area (Å²) in [5.74, 6) is 0. The molecule has 0 unspecified atom stereocenters. The predicted octanol–water partition coefficient (Wildman–Crippen LogP) is 1.45. The molecular formula is C16H23N3O.